The summed E-state index contributed by atoms with van der Waals surface area (Å²) in [6.07, 6.45) is 9.27. The van der Waals surface area contributed by atoms with Gasteiger partial charge in [0.1, 0.15) is 0 Å². The van der Waals surface area contributed by atoms with Gasteiger partial charge in [-0.1, -0.05) is 19.8 Å². The van der Waals surface area contributed by atoms with E-state index < -0.39 is 0 Å². The molecule has 0 aromatic heterocycles. The van der Waals surface area contributed by atoms with Crippen LogP contribution in [0, 0.1) is 0 Å². The molecule has 0 radical (unpaired) electrons. The van der Waals surface area contributed by atoms with Crippen molar-refractivity contribution >= 4 is 23.5 Å². The Hall–Kier alpha value is 0.660. The van der Waals surface area contributed by atoms with Gasteiger partial charge >= 0.3 is 0 Å². The first kappa shape index (κ1) is 13.7. The third kappa shape index (κ3) is 5.50. The van der Waals surface area contributed by atoms with E-state index in [4.69, 9.17) is 0 Å². The standard InChI is InChI=1S/C12H25NS2/c1-3-15-10-6-9-13-11-7-4-5-8-12(11)14-2/h11-13H,3-10H2,1-2H3. The van der Waals surface area contributed by atoms with Gasteiger partial charge in [-0.2, -0.15) is 23.5 Å². The van der Waals surface area contributed by atoms with Crippen LogP contribution < -0.4 is 5.32 Å². The molecule has 0 spiro atoms. The lowest BCUT2D eigenvalue weighted by Gasteiger charge is -2.31. The van der Waals surface area contributed by atoms with Crippen LogP contribution in [0.15, 0.2) is 0 Å². The Balaban J connectivity index is 2.07. The Labute approximate surface area is 104 Å². The molecule has 1 rings (SSSR count). The van der Waals surface area contributed by atoms with Crippen LogP contribution in [0.25, 0.3) is 0 Å². The van der Waals surface area contributed by atoms with Gasteiger partial charge in [0.25, 0.3) is 0 Å². The van der Waals surface area contributed by atoms with Crippen molar-refractivity contribution in [2.24, 2.45) is 0 Å². The largest absolute Gasteiger partial charge is 0.313 e. The fraction of sp³-hybridized carbons (Fsp3) is 1.00. The van der Waals surface area contributed by atoms with Gasteiger partial charge in [0, 0.05) is 11.3 Å². The number of thioether (sulfide) groups is 2. The van der Waals surface area contributed by atoms with Crippen LogP contribution in [-0.4, -0.2) is 35.6 Å². The lowest BCUT2D eigenvalue weighted by molar-refractivity contribution is 0.385. The first-order valence-corrected chi connectivity index (χ1v) is 8.66. The van der Waals surface area contributed by atoms with Crippen molar-refractivity contribution in [3.63, 3.8) is 0 Å². The van der Waals surface area contributed by atoms with Gasteiger partial charge in [-0.25, -0.2) is 0 Å². The second-order valence-corrected chi connectivity index (χ2v) is 6.64. The summed E-state index contributed by atoms with van der Waals surface area (Å²) in [6.45, 7) is 3.46. The minimum atomic E-state index is 0.792. The average molecular weight is 247 g/mol. The molecule has 0 aromatic rings. The molecule has 0 aromatic carbocycles. The van der Waals surface area contributed by atoms with Crippen LogP contribution >= 0.6 is 23.5 Å². The topological polar surface area (TPSA) is 12.0 Å². The van der Waals surface area contributed by atoms with E-state index in [1.807, 2.05) is 0 Å². The first-order chi connectivity index (χ1) is 7.38. The number of hydrogen-bond donors (Lipinski definition) is 1. The molecule has 1 aliphatic rings. The van der Waals surface area contributed by atoms with Crippen LogP contribution in [0.4, 0.5) is 0 Å². The molecule has 1 N–H and O–H groups in total. The highest BCUT2D eigenvalue weighted by atomic mass is 32.2. The number of nitrogens with one attached hydrogen (secondary N) is 1. The maximum Gasteiger partial charge on any atom is 0.0198 e. The highest BCUT2D eigenvalue weighted by molar-refractivity contribution is 7.99. The lowest BCUT2D eigenvalue weighted by Crippen LogP contribution is -2.40. The van der Waals surface area contributed by atoms with Crippen molar-refractivity contribution in [3.8, 4) is 0 Å². The van der Waals surface area contributed by atoms with Crippen LogP contribution in [0.3, 0.4) is 0 Å². The molecular formula is C12H25NS2. The highest BCUT2D eigenvalue weighted by Gasteiger charge is 2.23. The van der Waals surface area contributed by atoms with Crippen LogP contribution in [0.2, 0.25) is 0 Å². The SMILES string of the molecule is CCSCCCNC1CCCCC1SC. The zero-order chi connectivity index (χ0) is 10.9. The van der Waals surface area contributed by atoms with E-state index in [-0.39, 0.29) is 0 Å². The molecule has 0 aliphatic heterocycles. The van der Waals surface area contributed by atoms with E-state index >= 15 is 0 Å². The predicted octanol–water partition coefficient (Wildman–Crippen LogP) is 3.39. The van der Waals surface area contributed by atoms with E-state index in [2.05, 4.69) is 42.0 Å². The predicted molar refractivity (Wildman–Crippen MR) is 75.2 cm³/mol. The Kier molecular flexibility index (Phi) is 8.02. The summed E-state index contributed by atoms with van der Waals surface area (Å²) in [5, 5.41) is 4.62. The molecule has 3 heteroatoms. The minimum absolute atomic E-state index is 0.792. The van der Waals surface area contributed by atoms with E-state index in [1.54, 1.807) is 0 Å². The summed E-state index contributed by atoms with van der Waals surface area (Å²) in [4.78, 5) is 0. The van der Waals surface area contributed by atoms with Gasteiger partial charge in [-0.05, 0) is 43.6 Å². The molecule has 0 saturated heterocycles. The van der Waals surface area contributed by atoms with Gasteiger partial charge in [0.2, 0.25) is 0 Å². The summed E-state index contributed by atoms with van der Waals surface area (Å²) in [6, 6.07) is 0.792. The molecule has 0 heterocycles. The van der Waals surface area contributed by atoms with E-state index in [9.17, 15) is 0 Å². The molecule has 0 amide bonds. The molecule has 0 bridgehead atoms. The van der Waals surface area contributed by atoms with Crippen molar-refractivity contribution in [3.05, 3.63) is 0 Å². The monoisotopic (exact) mass is 247 g/mol. The van der Waals surface area contributed by atoms with Crippen molar-refractivity contribution in [2.75, 3.05) is 24.3 Å². The zero-order valence-electron chi connectivity index (χ0n) is 10.1. The van der Waals surface area contributed by atoms with Gasteiger partial charge in [-0.3, -0.25) is 0 Å². The molecule has 1 nitrogen and oxygen atoms in total. The Morgan fingerprint density at radius 2 is 2.07 bits per heavy atom. The second-order valence-electron chi connectivity index (χ2n) is 4.17. The van der Waals surface area contributed by atoms with Crippen LogP contribution in [0.1, 0.15) is 39.0 Å². The van der Waals surface area contributed by atoms with Crippen LogP contribution in [0.5, 0.6) is 0 Å². The molecule has 90 valence electrons. The summed E-state index contributed by atoms with van der Waals surface area (Å²) >= 11 is 4.11. The number of rotatable bonds is 7. The summed E-state index contributed by atoms with van der Waals surface area (Å²) in [5.74, 6) is 2.58. The Morgan fingerprint density at radius 3 is 2.80 bits per heavy atom. The van der Waals surface area contributed by atoms with Crippen molar-refractivity contribution in [1.82, 2.24) is 5.32 Å². The maximum atomic E-state index is 3.75. The summed E-state index contributed by atoms with van der Waals surface area (Å²) in [7, 11) is 0. The third-order valence-electron chi connectivity index (χ3n) is 3.08. The van der Waals surface area contributed by atoms with Gasteiger partial charge < -0.3 is 5.32 Å². The molecule has 2 atom stereocenters. The molecule has 1 aliphatic carbocycles. The average Bonchev–Trinajstić information content (AvgIpc) is 2.29. The van der Waals surface area contributed by atoms with Gasteiger partial charge in [0.15, 0.2) is 0 Å². The maximum absolute atomic E-state index is 3.75. The zero-order valence-corrected chi connectivity index (χ0v) is 11.8. The Morgan fingerprint density at radius 1 is 1.27 bits per heavy atom. The van der Waals surface area contributed by atoms with E-state index in [1.165, 1.54) is 50.2 Å². The molecule has 1 saturated carbocycles. The fourth-order valence-corrected chi connectivity index (χ4v) is 3.82. The smallest absolute Gasteiger partial charge is 0.0198 e. The lowest BCUT2D eigenvalue weighted by atomic mass is 9.95. The summed E-state index contributed by atoms with van der Waals surface area (Å²) in [5.41, 5.74) is 0. The normalized spacial score (nSPS) is 26.8. The number of hydrogen-bond acceptors (Lipinski definition) is 3. The first-order valence-electron chi connectivity index (χ1n) is 6.22. The van der Waals surface area contributed by atoms with Crippen molar-refractivity contribution in [2.45, 2.75) is 50.3 Å². The second kappa shape index (κ2) is 8.77. The Bertz CT molecular complexity index is 153. The van der Waals surface area contributed by atoms with E-state index in [0.29, 0.717) is 0 Å². The van der Waals surface area contributed by atoms with Gasteiger partial charge in [-0.15, -0.1) is 0 Å². The van der Waals surface area contributed by atoms with Crippen LogP contribution in [-0.2, 0) is 0 Å². The molecule has 15 heavy (non-hydrogen) atoms. The summed E-state index contributed by atoms with van der Waals surface area (Å²) < 4.78 is 0. The molecule has 1 fully saturated rings. The quantitative estimate of drug-likeness (QED) is 0.693. The van der Waals surface area contributed by atoms with Crippen molar-refractivity contribution in [1.29, 1.82) is 0 Å². The van der Waals surface area contributed by atoms with Gasteiger partial charge in [0.05, 0.1) is 0 Å². The molecule has 2 unspecified atom stereocenters. The fourth-order valence-electron chi connectivity index (χ4n) is 2.22. The minimum Gasteiger partial charge on any atom is -0.313 e. The van der Waals surface area contributed by atoms with Crippen molar-refractivity contribution < 1.29 is 0 Å². The molecular weight excluding hydrogens is 222 g/mol. The highest BCUT2D eigenvalue weighted by Crippen LogP contribution is 2.27. The van der Waals surface area contributed by atoms with E-state index in [0.717, 1.165) is 11.3 Å². The third-order valence-corrected chi connectivity index (χ3v) is 5.24.